The number of hydrogen-bond acceptors (Lipinski definition) is 3. The van der Waals surface area contributed by atoms with Crippen LogP contribution in [0.4, 0.5) is 0 Å². The lowest BCUT2D eigenvalue weighted by Crippen LogP contribution is -2.26. The molecule has 3 atom stereocenters. The molecule has 0 aliphatic rings. The summed E-state index contributed by atoms with van der Waals surface area (Å²) < 4.78 is 0. The van der Waals surface area contributed by atoms with Crippen LogP contribution in [0.15, 0.2) is 0 Å². The fourth-order valence-electron chi connectivity index (χ4n) is 0.122. The van der Waals surface area contributed by atoms with Crippen LogP contribution in [-0.4, -0.2) is 40.5 Å². The predicted molar refractivity (Wildman–Crippen MR) is 60.4 cm³/mol. The lowest BCUT2D eigenvalue weighted by atomic mass is 10.4. The van der Waals surface area contributed by atoms with Gasteiger partial charge in [-0.05, 0) is 6.16 Å². The van der Waals surface area contributed by atoms with Crippen LogP contribution in [0.3, 0.4) is 0 Å². The third-order valence-corrected chi connectivity index (χ3v) is 1.07. The lowest BCUT2D eigenvalue weighted by Gasteiger charge is -2.07. The van der Waals surface area contributed by atoms with E-state index in [0.717, 1.165) is 0 Å². The van der Waals surface area contributed by atoms with Crippen molar-refractivity contribution in [3.05, 3.63) is 0 Å². The van der Waals surface area contributed by atoms with Gasteiger partial charge in [-0.3, -0.25) is 0 Å². The first-order valence-corrected chi connectivity index (χ1v) is 5.89. The molecule has 0 spiro atoms. The Morgan fingerprint density at radius 3 is 1.33 bits per heavy atom. The van der Waals surface area contributed by atoms with E-state index in [2.05, 4.69) is 32.3 Å². The molecule has 0 radical (unpaired) electrons. The molecule has 0 aromatic rings. The zero-order valence-electron chi connectivity index (χ0n) is 8.07. The van der Waals surface area contributed by atoms with E-state index in [0.29, 0.717) is 0 Å². The van der Waals surface area contributed by atoms with E-state index >= 15 is 0 Å². The van der Waals surface area contributed by atoms with Crippen LogP contribution < -0.4 is 0 Å². The highest BCUT2D eigenvalue weighted by atomic mass is 31.0. The van der Waals surface area contributed by atoms with Crippen molar-refractivity contribution >= 4 is 18.5 Å². The molecule has 0 aromatic carbocycles. The van der Waals surface area contributed by atoms with Crippen LogP contribution in [-0.2, 0) is 0 Å². The van der Waals surface area contributed by atoms with Crippen molar-refractivity contribution in [1.82, 2.24) is 0 Å². The first-order chi connectivity index (χ1) is 5.59. The molecule has 0 fully saturated rings. The molecule has 5 heteroatoms. The summed E-state index contributed by atoms with van der Waals surface area (Å²) in [4.78, 5) is 0. The normalized spacial score (nSPS) is 10.8. The molecule has 0 bridgehead atoms. The van der Waals surface area contributed by atoms with Crippen molar-refractivity contribution in [2.45, 2.75) is 32.7 Å². The van der Waals surface area contributed by atoms with Gasteiger partial charge in [0.15, 0.2) is 6.29 Å². The monoisotopic (exact) mass is 216 g/mol. The summed E-state index contributed by atoms with van der Waals surface area (Å²) in [5.41, 5.74) is 0. The molecule has 3 nitrogen and oxygen atoms in total. The second-order valence-corrected chi connectivity index (χ2v) is 2.40. The zero-order chi connectivity index (χ0) is 10.6. The minimum atomic E-state index is -1.60. The molecule has 3 unspecified atom stereocenters. The van der Waals surface area contributed by atoms with Gasteiger partial charge in [-0.1, -0.05) is 26.9 Å². The molecule has 0 aromatic heterocycles. The van der Waals surface area contributed by atoms with Crippen LogP contribution in [0.25, 0.3) is 0 Å². The fourth-order valence-corrected chi connectivity index (χ4v) is 0.365. The van der Waals surface area contributed by atoms with Gasteiger partial charge in [0.2, 0.25) is 0 Å². The van der Waals surface area contributed by atoms with Gasteiger partial charge in [-0.2, -0.15) is 0 Å². The van der Waals surface area contributed by atoms with Gasteiger partial charge in [0.05, 0.1) is 0 Å². The van der Waals surface area contributed by atoms with Gasteiger partial charge in [-0.15, -0.1) is 18.5 Å². The first-order valence-electron chi connectivity index (χ1n) is 3.92. The van der Waals surface area contributed by atoms with E-state index in [-0.39, 0.29) is 6.16 Å². The zero-order valence-corrected chi connectivity index (χ0v) is 10.4. The predicted octanol–water partition coefficient (Wildman–Crippen LogP) is 0.441. The Morgan fingerprint density at radius 1 is 1.08 bits per heavy atom. The fraction of sp³-hybridized carbons (Fsp3) is 1.00. The Morgan fingerprint density at radius 2 is 1.33 bits per heavy atom. The smallest absolute Gasteiger partial charge is 0.178 e. The third-order valence-electron chi connectivity index (χ3n) is 0.586. The molecule has 3 N–H and O–H groups in total. The molecule has 0 heterocycles. The number of aliphatic hydroxyl groups is 3. The molecule has 0 rings (SSSR count). The van der Waals surface area contributed by atoms with E-state index in [9.17, 15) is 0 Å². The summed E-state index contributed by atoms with van der Waals surface area (Å²) in [5, 5.41) is 24.6. The summed E-state index contributed by atoms with van der Waals surface area (Å²) in [7, 11) is 4.61. The number of rotatable bonds is 2. The Hall–Kier alpha value is 0.740. The van der Waals surface area contributed by atoms with E-state index < -0.39 is 12.4 Å². The topological polar surface area (TPSA) is 60.7 Å². The van der Waals surface area contributed by atoms with Crippen LogP contribution in [0.5, 0.6) is 0 Å². The Bertz CT molecular complexity index is 62.6. The molecule has 0 amide bonds. The summed E-state index contributed by atoms with van der Waals surface area (Å²) in [5.74, 6) is 0. The van der Waals surface area contributed by atoms with Crippen LogP contribution >= 0.6 is 18.5 Å². The Labute approximate surface area is 80.0 Å². The second kappa shape index (κ2) is 17.7. The molecule has 0 saturated carbocycles. The summed E-state index contributed by atoms with van der Waals surface area (Å²) >= 11 is 0. The molecular formula is C7H22O3P2. The van der Waals surface area contributed by atoms with Crippen molar-refractivity contribution in [1.29, 1.82) is 0 Å². The SMILES string of the molecule is CCC.CP.OC(O)C(O)CP. The Balaban J connectivity index is -0.000000137. The van der Waals surface area contributed by atoms with E-state index in [4.69, 9.17) is 15.3 Å². The molecule has 0 saturated heterocycles. The third kappa shape index (κ3) is 22.4. The molecule has 78 valence electrons. The second-order valence-electron chi connectivity index (χ2n) is 1.92. The minimum absolute atomic E-state index is 0.289. The quantitative estimate of drug-likeness (QED) is 0.463. The van der Waals surface area contributed by atoms with Crippen molar-refractivity contribution in [3.8, 4) is 0 Å². The number of hydrogen-bond donors (Lipinski definition) is 3. The first kappa shape index (κ1) is 18.5. The van der Waals surface area contributed by atoms with E-state index in [1.807, 2.05) is 6.66 Å². The van der Waals surface area contributed by atoms with Gasteiger partial charge < -0.3 is 15.3 Å². The summed E-state index contributed by atoms with van der Waals surface area (Å²) in [6.45, 7) is 6.17. The average molecular weight is 216 g/mol. The van der Waals surface area contributed by atoms with Gasteiger partial charge in [-0.25, -0.2) is 0 Å². The van der Waals surface area contributed by atoms with Crippen molar-refractivity contribution in [3.63, 3.8) is 0 Å². The number of aliphatic hydroxyl groups excluding tert-OH is 2. The average Bonchev–Trinajstić information content (AvgIpc) is 2.08. The van der Waals surface area contributed by atoms with Crippen LogP contribution in [0, 0.1) is 0 Å². The maximum Gasteiger partial charge on any atom is 0.178 e. The van der Waals surface area contributed by atoms with Crippen molar-refractivity contribution in [2.24, 2.45) is 0 Å². The van der Waals surface area contributed by atoms with Gasteiger partial charge in [0.25, 0.3) is 0 Å². The minimum Gasteiger partial charge on any atom is -0.387 e. The summed E-state index contributed by atoms with van der Waals surface area (Å²) in [6.07, 6.45) is -1.08. The lowest BCUT2D eigenvalue weighted by molar-refractivity contribution is -0.112. The van der Waals surface area contributed by atoms with E-state index in [1.165, 1.54) is 6.42 Å². The van der Waals surface area contributed by atoms with Crippen LogP contribution in [0.2, 0.25) is 0 Å². The van der Waals surface area contributed by atoms with Crippen LogP contribution in [0.1, 0.15) is 20.3 Å². The molecule has 0 aliphatic heterocycles. The summed E-state index contributed by atoms with van der Waals surface area (Å²) in [6, 6.07) is 0. The molecular weight excluding hydrogens is 194 g/mol. The van der Waals surface area contributed by atoms with Gasteiger partial charge in [0, 0.05) is 0 Å². The van der Waals surface area contributed by atoms with Crippen molar-refractivity contribution < 1.29 is 15.3 Å². The standard InChI is InChI=1S/C3H9O3P.C3H8.CH5P/c4-2(1-7)3(5)6;1-3-2;1-2/h2-6H,1,7H2;3H2,1-2H3;2H2,1H3. The Kier molecular flexibility index (Phi) is 27.3. The highest BCUT2D eigenvalue weighted by Gasteiger charge is 2.07. The molecule has 12 heavy (non-hydrogen) atoms. The van der Waals surface area contributed by atoms with Gasteiger partial charge in [0.1, 0.15) is 6.10 Å². The van der Waals surface area contributed by atoms with E-state index in [1.54, 1.807) is 0 Å². The maximum absolute atomic E-state index is 8.41. The molecule has 0 aliphatic carbocycles. The maximum atomic E-state index is 8.41. The largest absolute Gasteiger partial charge is 0.387 e. The highest BCUT2D eigenvalue weighted by Crippen LogP contribution is 1.92. The highest BCUT2D eigenvalue weighted by molar-refractivity contribution is 7.16. The van der Waals surface area contributed by atoms with Crippen molar-refractivity contribution in [2.75, 3.05) is 12.8 Å². The van der Waals surface area contributed by atoms with Gasteiger partial charge >= 0.3 is 0 Å².